The minimum Gasteiger partial charge on any atom is -0.497 e. The van der Waals surface area contributed by atoms with Crippen LogP contribution in [-0.2, 0) is 0 Å². The number of carbonyl (C=O) groups is 1. The van der Waals surface area contributed by atoms with Gasteiger partial charge in [0.2, 0.25) is 0 Å². The molecule has 1 aromatic rings. The summed E-state index contributed by atoms with van der Waals surface area (Å²) in [7, 11) is 1.69. The van der Waals surface area contributed by atoms with Crippen LogP contribution in [0.2, 0.25) is 0 Å². The molecule has 1 aliphatic carbocycles. The molecular formula is C20H29N3O2. The van der Waals surface area contributed by atoms with Crippen LogP contribution in [0.5, 0.6) is 5.75 Å². The van der Waals surface area contributed by atoms with E-state index in [0.717, 1.165) is 57.1 Å². The van der Waals surface area contributed by atoms with Crippen molar-refractivity contribution in [2.75, 3.05) is 26.7 Å². The Labute approximate surface area is 150 Å². The third-order valence-electron chi connectivity index (χ3n) is 5.91. The standard InChI is InChI=1S/C20H29N3O2/c1-25-18-5-2-4-15(14-18)19-6-3-11-23(19)20(24)21-16-9-12-22(13-10-16)17-7-8-17/h2,4-5,14,16-17,19H,3,6-13H2,1H3,(H,21,24). The molecule has 2 saturated heterocycles. The Morgan fingerprint density at radius 3 is 2.64 bits per heavy atom. The number of nitrogens with zero attached hydrogens (tertiary/aromatic N) is 2. The number of urea groups is 1. The summed E-state index contributed by atoms with van der Waals surface area (Å²) in [6.45, 7) is 3.11. The molecule has 0 aromatic heterocycles. The Balaban J connectivity index is 1.35. The van der Waals surface area contributed by atoms with Gasteiger partial charge in [0.05, 0.1) is 13.2 Å². The number of benzene rings is 1. The number of rotatable bonds is 4. The lowest BCUT2D eigenvalue weighted by atomic mass is 10.0. The number of ether oxygens (including phenoxy) is 1. The fourth-order valence-corrected chi connectivity index (χ4v) is 4.31. The molecule has 1 aromatic carbocycles. The van der Waals surface area contributed by atoms with Crippen molar-refractivity contribution >= 4 is 6.03 Å². The van der Waals surface area contributed by atoms with Crippen molar-refractivity contribution in [3.63, 3.8) is 0 Å². The maximum atomic E-state index is 12.8. The molecule has 2 amide bonds. The Hall–Kier alpha value is -1.75. The first-order valence-corrected chi connectivity index (χ1v) is 9.70. The average Bonchev–Trinajstić information content (AvgIpc) is 3.38. The number of amides is 2. The van der Waals surface area contributed by atoms with Crippen LogP contribution >= 0.6 is 0 Å². The van der Waals surface area contributed by atoms with Gasteiger partial charge in [-0.25, -0.2) is 4.79 Å². The summed E-state index contributed by atoms with van der Waals surface area (Å²) in [5.41, 5.74) is 1.18. The minimum absolute atomic E-state index is 0.107. The second-order valence-electron chi connectivity index (χ2n) is 7.62. The van der Waals surface area contributed by atoms with E-state index in [4.69, 9.17) is 4.74 Å². The molecule has 5 heteroatoms. The van der Waals surface area contributed by atoms with E-state index in [-0.39, 0.29) is 12.1 Å². The van der Waals surface area contributed by atoms with Crippen molar-refractivity contribution in [2.24, 2.45) is 0 Å². The highest BCUT2D eigenvalue weighted by Gasteiger charge is 2.34. The predicted molar refractivity (Wildman–Crippen MR) is 97.8 cm³/mol. The summed E-state index contributed by atoms with van der Waals surface area (Å²) < 4.78 is 5.34. The van der Waals surface area contributed by atoms with Gasteiger partial charge in [-0.05, 0) is 56.2 Å². The van der Waals surface area contributed by atoms with Crippen molar-refractivity contribution < 1.29 is 9.53 Å². The van der Waals surface area contributed by atoms with Crippen LogP contribution in [0.4, 0.5) is 4.79 Å². The zero-order valence-corrected chi connectivity index (χ0v) is 15.1. The van der Waals surface area contributed by atoms with Crippen molar-refractivity contribution in [2.45, 2.75) is 56.7 Å². The minimum atomic E-state index is 0.107. The third-order valence-corrected chi connectivity index (χ3v) is 5.91. The van der Waals surface area contributed by atoms with E-state index in [9.17, 15) is 4.79 Å². The quantitative estimate of drug-likeness (QED) is 0.913. The summed E-state index contributed by atoms with van der Waals surface area (Å²) in [4.78, 5) is 17.5. The van der Waals surface area contributed by atoms with Crippen LogP contribution in [-0.4, -0.2) is 54.7 Å². The highest BCUT2D eigenvalue weighted by atomic mass is 16.5. The molecule has 2 heterocycles. The monoisotopic (exact) mass is 343 g/mol. The molecule has 0 radical (unpaired) electrons. The van der Waals surface area contributed by atoms with Gasteiger partial charge in [-0.15, -0.1) is 0 Å². The lowest BCUT2D eigenvalue weighted by molar-refractivity contribution is 0.165. The third kappa shape index (κ3) is 3.76. The number of carbonyl (C=O) groups excluding carboxylic acids is 1. The Bertz CT molecular complexity index is 609. The van der Waals surface area contributed by atoms with Gasteiger partial charge < -0.3 is 19.9 Å². The summed E-state index contributed by atoms with van der Waals surface area (Å²) >= 11 is 0. The first-order chi connectivity index (χ1) is 12.2. The Morgan fingerprint density at radius 1 is 1.12 bits per heavy atom. The van der Waals surface area contributed by atoms with Gasteiger partial charge in [-0.3, -0.25) is 0 Å². The molecule has 25 heavy (non-hydrogen) atoms. The van der Waals surface area contributed by atoms with E-state index in [2.05, 4.69) is 22.3 Å². The second kappa shape index (κ2) is 7.24. The van der Waals surface area contributed by atoms with Gasteiger partial charge in [0, 0.05) is 31.7 Å². The molecule has 3 aliphatic rings. The SMILES string of the molecule is COc1cccc(C2CCCN2C(=O)NC2CCN(C3CC3)CC2)c1. The summed E-state index contributed by atoms with van der Waals surface area (Å²) in [5.74, 6) is 0.859. The molecule has 5 nitrogen and oxygen atoms in total. The number of hydrogen-bond acceptors (Lipinski definition) is 3. The Kier molecular flexibility index (Phi) is 4.84. The maximum Gasteiger partial charge on any atom is 0.318 e. The lowest BCUT2D eigenvalue weighted by Gasteiger charge is -2.34. The van der Waals surface area contributed by atoms with Crippen LogP contribution in [0.25, 0.3) is 0 Å². The Morgan fingerprint density at radius 2 is 1.92 bits per heavy atom. The smallest absolute Gasteiger partial charge is 0.318 e. The van der Waals surface area contributed by atoms with Gasteiger partial charge in [0.1, 0.15) is 5.75 Å². The van der Waals surface area contributed by atoms with Gasteiger partial charge in [-0.1, -0.05) is 12.1 Å². The van der Waals surface area contributed by atoms with Gasteiger partial charge >= 0.3 is 6.03 Å². The zero-order valence-electron chi connectivity index (χ0n) is 15.1. The topological polar surface area (TPSA) is 44.8 Å². The number of methoxy groups -OCH3 is 1. The summed E-state index contributed by atoms with van der Waals surface area (Å²) in [5, 5.41) is 3.30. The molecule has 1 unspecified atom stereocenters. The van der Waals surface area contributed by atoms with E-state index in [1.165, 1.54) is 18.4 Å². The van der Waals surface area contributed by atoms with Gasteiger partial charge in [0.25, 0.3) is 0 Å². The van der Waals surface area contributed by atoms with Crippen LogP contribution < -0.4 is 10.1 Å². The van der Waals surface area contributed by atoms with Gasteiger partial charge in [-0.2, -0.15) is 0 Å². The summed E-state index contributed by atoms with van der Waals surface area (Å²) in [6, 6.07) is 9.57. The van der Waals surface area contributed by atoms with E-state index >= 15 is 0 Å². The fourth-order valence-electron chi connectivity index (χ4n) is 4.31. The van der Waals surface area contributed by atoms with Crippen molar-refractivity contribution in [1.29, 1.82) is 0 Å². The molecule has 0 bridgehead atoms. The van der Waals surface area contributed by atoms with Crippen molar-refractivity contribution in [3.05, 3.63) is 29.8 Å². The fraction of sp³-hybridized carbons (Fsp3) is 0.650. The van der Waals surface area contributed by atoms with Crippen LogP contribution in [0.3, 0.4) is 0 Å². The van der Waals surface area contributed by atoms with Crippen LogP contribution in [0.1, 0.15) is 50.1 Å². The first kappa shape index (κ1) is 16.7. The molecule has 1 atom stereocenters. The largest absolute Gasteiger partial charge is 0.497 e. The molecule has 136 valence electrons. The normalized spacial score (nSPS) is 25.2. The van der Waals surface area contributed by atoms with Crippen molar-refractivity contribution in [1.82, 2.24) is 15.1 Å². The van der Waals surface area contributed by atoms with E-state index in [0.29, 0.717) is 6.04 Å². The lowest BCUT2D eigenvalue weighted by Crippen LogP contribution is -2.49. The highest BCUT2D eigenvalue weighted by molar-refractivity contribution is 5.75. The van der Waals surface area contributed by atoms with Crippen molar-refractivity contribution in [3.8, 4) is 5.75 Å². The van der Waals surface area contributed by atoms with Crippen LogP contribution in [0.15, 0.2) is 24.3 Å². The van der Waals surface area contributed by atoms with E-state index < -0.39 is 0 Å². The zero-order chi connectivity index (χ0) is 17.2. The van der Waals surface area contributed by atoms with Crippen LogP contribution in [0, 0.1) is 0 Å². The molecule has 1 saturated carbocycles. The maximum absolute atomic E-state index is 12.8. The van der Waals surface area contributed by atoms with E-state index in [1.807, 2.05) is 17.0 Å². The average molecular weight is 343 g/mol. The molecule has 0 spiro atoms. The number of piperidine rings is 1. The predicted octanol–water partition coefficient (Wildman–Crippen LogP) is 3.17. The number of likely N-dealkylation sites (tertiary alicyclic amines) is 2. The molecule has 2 aliphatic heterocycles. The molecule has 3 fully saturated rings. The first-order valence-electron chi connectivity index (χ1n) is 9.70. The van der Waals surface area contributed by atoms with Gasteiger partial charge in [0.15, 0.2) is 0 Å². The molecular weight excluding hydrogens is 314 g/mol. The number of hydrogen-bond donors (Lipinski definition) is 1. The number of nitrogens with one attached hydrogen (secondary N) is 1. The highest BCUT2D eigenvalue weighted by Crippen LogP contribution is 2.34. The molecule has 4 rings (SSSR count). The van der Waals surface area contributed by atoms with E-state index in [1.54, 1.807) is 7.11 Å². The second-order valence-corrected chi connectivity index (χ2v) is 7.62. The summed E-state index contributed by atoms with van der Waals surface area (Å²) in [6.07, 6.45) is 7.00. The molecule has 1 N–H and O–H groups in total.